The minimum atomic E-state index is -0.696. The molecule has 3 fully saturated rings. The molecular formula is C30H48N2O5S. The number of unbranched alkanes of at least 4 members (excludes halogenated alkanes) is 4. The van der Waals surface area contributed by atoms with E-state index >= 15 is 0 Å². The lowest BCUT2D eigenvalue weighted by Crippen LogP contribution is -2.57. The van der Waals surface area contributed by atoms with Crippen LogP contribution >= 0.6 is 11.8 Å². The van der Waals surface area contributed by atoms with Crippen LogP contribution in [0, 0.1) is 17.8 Å². The molecule has 8 heteroatoms. The lowest BCUT2D eigenvalue weighted by molar-refractivity contribution is -0.154. The number of hydrogen-bond donors (Lipinski definition) is 1. The van der Waals surface area contributed by atoms with Crippen molar-refractivity contribution in [2.75, 3.05) is 26.3 Å². The number of esters is 1. The highest BCUT2D eigenvalue weighted by Gasteiger charge is 2.74. The fourth-order valence-electron chi connectivity index (χ4n) is 6.68. The van der Waals surface area contributed by atoms with Gasteiger partial charge in [-0.2, -0.15) is 0 Å². The Morgan fingerprint density at radius 2 is 2.00 bits per heavy atom. The molecule has 3 aliphatic rings. The average Bonchev–Trinajstić information content (AvgIpc) is 3.53. The van der Waals surface area contributed by atoms with Gasteiger partial charge in [-0.05, 0) is 50.9 Å². The van der Waals surface area contributed by atoms with Gasteiger partial charge in [-0.15, -0.1) is 24.9 Å². The molecule has 3 saturated heterocycles. The zero-order valence-electron chi connectivity index (χ0n) is 23.6. The van der Waals surface area contributed by atoms with E-state index in [4.69, 9.17) is 4.74 Å². The van der Waals surface area contributed by atoms with E-state index in [0.717, 1.165) is 44.9 Å². The van der Waals surface area contributed by atoms with Gasteiger partial charge in [0.1, 0.15) is 6.04 Å². The molecule has 2 amide bonds. The monoisotopic (exact) mass is 548 g/mol. The van der Waals surface area contributed by atoms with Gasteiger partial charge in [0.05, 0.1) is 35.8 Å². The number of nitrogens with zero attached hydrogens (tertiary/aromatic N) is 2. The maximum absolute atomic E-state index is 14.3. The molecule has 0 aromatic heterocycles. The van der Waals surface area contributed by atoms with Crippen molar-refractivity contribution >= 4 is 29.5 Å². The van der Waals surface area contributed by atoms with E-state index in [2.05, 4.69) is 33.9 Å². The number of rotatable bonds is 17. The number of thioether (sulfide) groups is 1. The summed E-state index contributed by atoms with van der Waals surface area (Å²) in [6, 6.07) is -1.16. The molecule has 214 valence electrons. The second-order valence-electron chi connectivity index (χ2n) is 11.5. The smallest absolute Gasteiger partial charge is 0.310 e. The maximum atomic E-state index is 14.3. The predicted molar refractivity (Wildman–Crippen MR) is 153 cm³/mol. The zero-order chi connectivity index (χ0) is 27.9. The Morgan fingerprint density at radius 3 is 2.63 bits per heavy atom. The summed E-state index contributed by atoms with van der Waals surface area (Å²) in [6.07, 6.45) is 11.2. The molecule has 2 bridgehead atoms. The van der Waals surface area contributed by atoms with E-state index in [-0.39, 0.29) is 35.6 Å². The van der Waals surface area contributed by atoms with Gasteiger partial charge in [-0.1, -0.05) is 45.8 Å². The molecule has 1 spiro atoms. The number of ether oxygens (including phenoxy) is 1. The van der Waals surface area contributed by atoms with E-state index in [1.54, 1.807) is 22.7 Å². The number of aliphatic hydroxyl groups is 1. The quantitative estimate of drug-likeness (QED) is 0.163. The third kappa shape index (κ3) is 6.16. The van der Waals surface area contributed by atoms with Crippen molar-refractivity contribution in [1.82, 2.24) is 9.80 Å². The Bertz CT molecular complexity index is 864. The standard InChI is InChI=1S/C30H48N2O5S/c1-6-9-11-13-18-37-29(36)24-23-14-15-30(38-23)25(24)27(34)32(22(20-33)19-21(4)5)26(30)28(35)31(16-8-3)17-12-10-7-2/h6,8,21-26,33H,1,3,7,9-20H2,2,4-5H3/t22-,23+,24-,25+,26?,30?/m1/s1. The molecule has 38 heavy (non-hydrogen) atoms. The summed E-state index contributed by atoms with van der Waals surface area (Å²) in [6.45, 7) is 15.0. The minimum absolute atomic E-state index is 0.0207. The Balaban J connectivity index is 1.94. The van der Waals surface area contributed by atoms with Crippen LogP contribution in [-0.2, 0) is 19.1 Å². The first-order valence-corrected chi connectivity index (χ1v) is 15.4. The molecule has 0 radical (unpaired) electrons. The summed E-state index contributed by atoms with van der Waals surface area (Å²) in [5.41, 5.74) is 0. The third-order valence-corrected chi connectivity index (χ3v) is 10.3. The Hall–Kier alpha value is -1.80. The van der Waals surface area contributed by atoms with E-state index < -0.39 is 28.7 Å². The number of aliphatic hydroxyl groups excluding tert-OH is 1. The van der Waals surface area contributed by atoms with Gasteiger partial charge in [-0.25, -0.2) is 0 Å². The number of carbonyl (C=O) groups is 3. The SMILES string of the molecule is C=CCCCCOC(=O)[C@@H]1[C@@H]2CCC3(S2)C(C(=O)N(CC=C)CCCCC)N([C@@H](CO)CC(C)C)C(=O)[C@H]13. The highest BCUT2D eigenvalue weighted by Crippen LogP contribution is 2.67. The summed E-state index contributed by atoms with van der Waals surface area (Å²) >= 11 is 1.66. The van der Waals surface area contributed by atoms with Crippen molar-refractivity contribution < 1.29 is 24.2 Å². The summed E-state index contributed by atoms with van der Waals surface area (Å²) < 4.78 is 5.03. The van der Waals surface area contributed by atoms with Crippen molar-refractivity contribution in [3.63, 3.8) is 0 Å². The molecule has 1 N–H and O–H groups in total. The van der Waals surface area contributed by atoms with Gasteiger partial charge < -0.3 is 19.6 Å². The summed E-state index contributed by atoms with van der Waals surface area (Å²) in [4.78, 5) is 45.5. The second-order valence-corrected chi connectivity index (χ2v) is 13.1. The number of allylic oxidation sites excluding steroid dienone is 1. The predicted octanol–water partition coefficient (Wildman–Crippen LogP) is 4.59. The van der Waals surface area contributed by atoms with Gasteiger partial charge in [0, 0.05) is 18.3 Å². The first-order chi connectivity index (χ1) is 18.3. The molecule has 6 atom stereocenters. The van der Waals surface area contributed by atoms with Crippen LogP contribution in [0.2, 0.25) is 0 Å². The van der Waals surface area contributed by atoms with E-state index in [1.165, 1.54) is 0 Å². The summed E-state index contributed by atoms with van der Waals surface area (Å²) in [7, 11) is 0. The normalized spacial score (nSPS) is 28.4. The van der Waals surface area contributed by atoms with Crippen molar-refractivity contribution in [2.24, 2.45) is 17.8 Å². The largest absolute Gasteiger partial charge is 0.465 e. The average molecular weight is 549 g/mol. The number of hydrogen-bond acceptors (Lipinski definition) is 6. The Labute approximate surface area is 233 Å². The van der Waals surface area contributed by atoms with Crippen LogP contribution < -0.4 is 0 Å². The highest BCUT2D eigenvalue weighted by atomic mass is 32.2. The molecule has 0 saturated carbocycles. The van der Waals surface area contributed by atoms with Gasteiger partial charge in [-0.3, -0.25) is 14.4 Å². The molecule has 3 rings (SSSR count). The van der Waals surface area contributed by atoms with Crippen molar-refractivity contribution in [3.8, 4) is 0 Å². The van der Waals surface area contributed by atoms with Crippen LogP contribution in [-0.4, -0.2) is 81.1 Å². The first-order valence-electron chi connectivity index (χ1n) is 14.5. The Morgan fingerprint density at radius 1 is 1.24 bits per heavy atom. The van der Waals surface area contributed by atoms with Crippen LogP contribution in [0.15, 0.2) is 25.3 Å². The van der Waals surface area contributed by atoms with Crippen molar-refractivity contribution in [3.05, 3.63) is 25.3 Å². The summed E-state index contributed by atoms with van der Waals surface area (Å²) in [5, 5.41) is 10.4. The van der Waals surface area contributed by atoms with Crippen molar-refractivity contribution in [2.45, 2.75) is 101 Å². The molecule has 0 aromatic rings. The van der Waals surface area contributed by atoms with Crippen molar-refractivity contribution in [1.29, 1.82) is 0 Å². The molecule has 0 aliphatic carbocycles. The molecule has 3 heterocycles. The third-order valence-electron chi connectivity index (χ3n) is 8.33. The van der Waals surface area contributed by atoms with E-state index in [9.17, 15) is 19.5 Å². The van der Waals surface area contributed by atoms with Crippen LogP contribution in [0.3, 0.4) is 0 Å². The molecular weight excluding hydrogens is 500 g/mol. The van der Waals surface area contributed by atoms with E-state index in [0.29, 0.717) is 32.5 Å². The molecule has 0 aromatic carbocycles. The zero-order valence-corrected chi connectivity index (χ0v) is 24.4. The number of likely N-dealkylation sites (tertiary alicyclic amines) is 1. The molecule has 7 nitrogen and oxygen atoms in total. The minimum Gasteiger partial charge on any atom is -0.465 e. The van der Waals surface area contributed by atoms with Crippen LogP contribution in [0.25, 0.3) is 0 Å². The van der Waals surface area contributed by atoms with Gasteiger partial charge in [0.2, 0.25) is 11.8 Å². The number of fused-ring (bicyclic) bond motifs is 1. The number of carbonyl (C=O) groups excluding carboxylic acids is 3. The van der Waals surface area contributed by atoms with Crippen LogP contribution in [0.4, 0.5) is 0 Å². The Kier molecular flexibility index (Phi) is 11.3. The first kappa shape index (κ1) is 30.7. The fourth-order valence-corrected chi connectivity index (χ4v) is 8.87. The molecule has 3 aliphatic heterocycles. The molecule has 2 unspecified atom stereocenters. The van der Waals surface area contributed by atoms with Gasteiger partial charge in [0.15, 0.2) is 0 Å². The second kappa shape index (κ2) is 14.0. The van der Waals surface area contributed by atoms with E-state index in [1.807, 2.05) is 11.0 Å². The van der Waals surface area contributed by atoms with Crippen LogP contribution in [0.1, 0.15) is 78.6 Å². The van der Waals surface area contributed by atoms with Gasteiger partial charge >= 0.3 is 5.97 Å². The lowest BCUT2D eigenvalue weighted by Gasteiger charge is -2.40. The maximum Gasteiger partial charge on any atom is 0.310 e. The number of amides is 2. The fraction of sp³-hybridized carbons (Fsp3) is 0.767. The lowest BCUT2D eigenvalue weighted by atomic mass is 9.71. The summed E-state index contributed by atoms with van der Waals surface area (Å²) in [5.74, 6) is -1.47. The highest BCUT2D eigenvalue weighted by molar-refractivity contribution is 8.02. The van der Waals surface area contributed by atoms with Crippen LogP contribution in [0.5, 0.6) is 0 Å². The van der Waals surface area contributed by atoms with Gasteiger partial charge in [0.25, 0.3) is 0 Å². The topological polar surface area (TPSA) is 87.2 Å².